The van der Waals surface area contributed by atoms with Crippen molar-refractivity contribution in [2.45, 2.75) is 32.3 Å². The fourth-order valence-electron chi connectivity index (χ4n) is 3.23. The molecule has 126 valence electrons. The maximum absolute atomic E-state index is 12.5. The van der Waals surface area contributed by atoms with Crippen LogP contribution in [0.2, 0.25) is 0 Å². The number of anilines is 1. The van der Waals surface area contributed by atoms with Crippen molar-refractivity contribution in [2.24, 2.45) is 11.1 Å². The smallest absolute Gasteiger partial charge is 0.230 e. The summed E-state index contributed by atoms with van der Waals surface area (Å²) < 4.78 is 0. The third-order valence-electron chi connectivity index (χ3n) is 4.42. The number of hydrogen-bond donors (Lipinski definition) is 1. The number of piperidine rings is 1. The van der Waals surface area contributed by atoms with Gasteiger partial charge in [-0.2, -0.15) is 0 Å². The lowest BCUT2D eigenvalue weighted by Crippen LogP contribution is -2.45. The van der Waals surface area contributed by atoms with E-state index in [1.165, 1.54) is 0 Å². The monoisotopic (exact) mass is 345 g/mol. The summed E-state index contributed by atoms with van der Waals surface area (Å²) in [6, 6.07) is 2.05. The van der Waals surface area contributed by atoms with Crippen LogP contribution in [0, 0.1) is 5.92 Å². The normalized spacial score (nSPS) is 23.9. The summed E-state index contributed by atoms with van der Waals surface area (Å²) in [7, 11) is 0. The van der Waals surface area contributed by atoms with E-state index in [2.05, 4.69) is 25.3 Å². The fraction of sp³-hybridized carbons (Fsp3) is 0.500. The van der Waals surface area contributed by atoms with Crippen LogP contribution in [0.15, 0.2) is 22.9 Å². The summed E-state index contributed by atoms with van der Waals surface area (Å²) in [6.07, 6.45) is 4.14. The van der Waals surface area contributed by atoms with Gasteiger partial charge in [0.15, 0.2) is 5.84 Å². The molecule has 2 aromatic heterocycles. The highest BCUT2D eigenvalue weighted by atomic mass is 32.1. The van der Waals surface area contributed by atoms with Gasteiger partial charge in [-0.1, -0.05) is 5.16 Å². The Bertz CT molecular complexity index is 790. The van der Waals surface area contributed by atoms with Crippen LogP contribution >= 0.6 is 11.3 Å². The van der Waals surface area contributed by atoms with E-state index in [1.54, 1.807) is 17.7 Å². The van der Waals surface area contributed by atoms with Crippen LogP contribution in [-0.4, -0.2) is 40.9 Å². The van der Waals surface area contributed by atoms with Gasteiger partial charge >= 0.3 is 0 Å². The SMILES string of the molecule is C[C@H]1CC(NC(=O)[C@@H]2CCCN(c3ncnc4sccc34)C2)=NO1. The third kappa shape index (κ3) is 2.93. The minimum atomic E-state index is -0.0685. The fourth-order valence-corrected chi connectivity index (χ4v) is 3.96. The lowest BCUT2D eigenvalue weighted by molar-refractivity contribution is -0.123. The summed E-state index contributed by atoms with van der Waals surface area (Å²) >= 11 is 1.61. The van der Waals surface area contributed by atoms with E-state index in [1.807, 2.05) is 18.4 Å². The number of amides is 1. The first-order valence-corrected chi connectivity index (χ1v) is 9.05. The molecule has 24 heavy (non-hydrogen) atoms. The van der Waals surface area contributed by atoms with Crippen molar-refractivity contribution in [2.75, 3.05) is 18.0 Å². The third-order valence-corrected chi connectivity index (χ3v) is 5.24. The summed E-state index contributed by atoms with van der Waals surface area (Å²) in [5, 5.41) is 9.91. The van der Waals surface area contributed by atoms with E-state index in [0.29, 0.717) is 18.8 Å². The summed E-state index contributed by atoms with van der Waals surface area (Å²) in [5.41, 5.74) is 0. The molecule has 1 amide bonds. The molecule has 0 aromatic carbocycles. The van der Waals surface area contributed by atoms with Gasteiger partial charge in [0.05, 0.1) is 11.3 Å². The van der Waals surface area contributed by atoms with Gasteiger partial charge in [-0.05, 0) is 31.2 Å². The second-order valence-electron chi connectivity index (χ2n) is 6.27. The molecule has 4 rings (SSSR count). The molecule has 0 unspecified atom stereocenters. The molecule has 1 N–H and O–H groups in total. The Morgan fingerprint density at radius 2 is 2.38 bits per heavy atom. The van der Waals surface area contributed by atoms with E-state index in [9.17, 15) is 4.79 Å². The Balaban J connectivity index is 1.47. The van der Waals surface area contributed by atoms with Crippen molar-refractivity contribution in [3.05, 3.63) is 17.8 Å². The van der Waals surface area contributed by atoms with Gasteiger partial charge in [-0.15, -0.1) is 11.3 Å². The Morgan fingerprint density at radius 1 is 1.46 bits per heavy atom. The number of amidine groups is 1. The number of thiophene rings is 1. The Hall–Kier alpha value is -2.22. The van der Waals surface area contributed by atoms with Crippen molar-refractivity contribution in [1.29, 1.82) is 0 Å². The van der Waals surface area contributed by atoms with Crippen LogP contribution in [0.4, 0.5) is 5.82 Å². The van der Waals surface area contributed by atoms with Crippen LogP contribution in [0.5, 0.6) is 0 Å². The van der Waals surface area contributed by atoms with Crippen molar-refractivity contribution < 1.29 is 9.63 Å². The molecule has 0 bridgehead atoms. The molecular formula is C16H19N5O2S. The molecule has 0 spiro atoms. The molecule has 8 heteroatoms. The van der Waals surface area contributed by atoms with Crippen LogP contribution in [0.3, 0.4) is 0 Å². The summed E-state index contributed by atoms with van der Waals surface area (Å²) in [5.74, 6) is 1.51. The first-order valence-electron chi connectivity index (χ1n) is 8.17. The standard InChI is InChI=1S/C16H19N5O2S/c1-10-7-13(20-23-10)19-15(22)11-3-2-5-21(8-11)14-12-4-6-24-16(12)18-9-17-14/h4,6,9-11H,2-3,5,7-8H2,1H3,(H,19,20,22)/t10-,11+/m0/s1. The zero-order valence-electron chi connectivity index (χ0n) is 13.4. The molecule has 0 aliphatic carbocycles. The predicted molar refractivity (Wildman–Crippen MR) is 93.1 cm³/mol. The van der Waals surface area contributed by atoms with Crippen molar-refractivity contribution >= 4 is 39.1 Å². The largest absolute Gasteiger partial charge is 0.391 e. The second kappa shape index (κ2) is 6.35. The lowest BCUT2D eigenvalue weighted by atomic mass is 9.97. The molecule has 7 nitrogen and oxygen atoms in total. The molecule has 1 fully saturated rings. The first-order chi connectivity index (χ1) is 11.7. The maximum Gasteiger partial charge on any atom is 0.230 e. The Morgan fingerprint density at radius 3 is 3.21 bits per heavy atom. The Kier molecular flexibility index (Phi) is 4.05. The van der Waals surface area contributed by atoms with Gasteiger partial charge in [-0.25, -0.2) is 9.97 Å². The number of carbonyl (C=O) groups excluding carboxylic acids is 1. The van der Waals surface area contributed by atoms with E-state index in [-0.39, 0.29) is 17.9 Å². The average Bonchev–Trinajstić information content (AvgIpc) is 3.23. The van der Waals surface area contributed by atoms with Crippen LogP contribution < -0.4 is 10.2 Å². The molecule has 0 radical (unpaired) electrons. The minimum Gasteiger partial charge on any atom is -0.391 e. The summed E-state index contributed by atoms with van der Waals surface area (Å²) in [4.78, 5) is 29.6. The topological polar surface area (TPSA) is 79.7 Å². The molecule has 2 atom stereocenters. The molecule has 2 aliphatic rings. The molecule has 0 saturated carbocycles. The van der Waals surface area contributed by atoms with Gasteiger partial charge in [0.1, 0.15) is 23.1 Å². The van der Waals surface area contributed by atoms with Crippen molar-refractivity contribution in [1.82, 2.24) is 15.3 Å². The average molecular weight is 345 g/mol. The van der Waals surface area contributed by atoms with E-state index < -0.39 is 0 Å². The highest BCUT2D eigenvalue weighted by molar-refractivity contribution is 7.16. The first kappa shape index (κ1) is 15.3. The zero-order chi connectivity index (χ0) is 16.5. The van der Waals surface area contributed by atoms with E-state index >= 15 is 0 Å². The van der Waals surface area contributed by atoms with Gasteiger partial charge in [-0.3, -0.25) is 4.79 Å². The number of carbonyl (C=O) groups is 1. The van der Waals surface area contributed by atoms with Crippen LogP contribution in [-0.2, 0) is 9.63 Å². The van der Waals surface area contributed by atoms with Crippen LogP contribution in [0.1, 0.15) is 26.2 Å². The Labute approximate surface area is 143 Å². The lowest BCUT2D eigenvalue weighted by Gasteiger charge is -2.33. The number of hydrogen-bond acceptors (Lipinski definition) is 7. The predicted octanol–water partition coefficient (Wildman–Crippen LogP) is 2.15. The van der Waals surface area contributed by atoms with Gasteiger partial charge in [0.25, 0.3) is 0 Å². The molecule has 2 aromatic rings. The summed E-state index contributed by atoms with van der Waals surface area (Å²) in [6.45, 7) is 3.51. The molecular weight excluding hydrogens is 326 g/mol. The zero-order valence-corrected chi connectivity index (χ0v) is 14.3. The number of fused-ring (bicyclic) bond motifs is 1. The number of aromatic nitrogens is 2. The number of nitrogens with one attached hydrogen (secondary N) is 1. The minimum absolute atomic E-state index is 0.0202. The number of rotatable bonds is 2. The van der Waals surface area contributed by atoms with Gasteiger partial charge in [0.2, 0.25) is 5.91 Å². The highest BCUT2D eigenvalue weighted by Gasteiger charge is 2.29. The molecule has 4 heterocycles. The van der Waals surface area contributed by atoms with Crippen LogP contribution in [0.25, 0.3) is 10.2 Å². The van der Waals surface area contributed by atoms with Crippen molar-refractivity contribution in [3.8, 4) is 0 Å². The molecule has 1 saturated heterocycles. The number of nitrogens with zero attached hydrogens (tertiary/aromatic N) is 4. The van der Waals surface area contributed by atoms with Crippen molar-refractivity contribution in [3.63, 3.8) is 0 Å². The second-order valence-corrected chi connectivity index (χ2v) is 7.16. The molecule has 2 aliphatic heterocycles. The quantitative estimate of drug-likeness (QED) is 0.902. The van der Waals surface area contributed by atoms with E-state index in [0.717, 1.165) is 35.4 Å². The van der Waals surface area contributed by atoms with Gasteiger partial charge in [0, 0.05) is 19.5 Å². The highest BCUT2D eigenvalue weighted by Crippen LogP contribution is 2.30. The van der Waals surface area contributed by atoms with E-state index in [4.69, 9.17) is 4.84 Å². The number of oxime groups is 1. The van der Waals surface area contributed by atoms with Gasteiger partial charge < -0.3 is 15.1 Å². The maximum atomic E-state index is 12.5.